The molecule has 84 valence electrons. The van der Waals surface area contributed by atoms with E-state index >= 15 is 0 Å². The summed E-state index contributed by atoms with van der Waals surface area (Å²) in [5, 5.41) is 0. The van der Waals surface area contributed by atoms with Crippen molar-refractivity contribution in [3.05, 3.63) is 18.2 Å². The van der Waals surface area contributed by atoms with Gasteiger partial charge in [0, 0.05) is 38.6 Å². The number of hydrogen-bond acceptors (Lipinski definition) is 3. The number of likely N-dealkylation sites (tertiary alicyclic amines) is 1. The number of aryl methyl sites for hydroxylation is 1. The molecule has 1 aromatic rings. The van der Waals surface area contributed by atoms with Crippen molar-refractivity contribution in [1.29, 1.82) is 0 Å². The lowest BCUT2D eigenvalue weighted by atomic mass is 9.95. The molecule has 1 aliphatic heterocycles. The standard InChI is InChI=1S/C11H20N4/c1-9-7-15(5-3-10(9)12)8-11-13-4-6-14(11)2/h4,6,9-10H,3,5,7-8,12H2,1-2H3. The molecule has 0 bridgehead atoms. The van der Waals surface area contributed by atoms with Crippen LogP contribution in [0.2, 0.25) is 0 Å². The minimum atomic E-state index is 0.377. The maximum Gasteiger partial charge on any atom is 0.122 e. The van der Waals surface area contributed by atoms with Gasteiger partial charge in [-0.3, -0.25) is 4.90 Å². The van der Waals surface area contributed by atoms with Crippen molar-refractivity contribution in [3.8, 4) is 0 Å². The molecule has 0 saturated carbocycles. The van der Waals surface area contributed by atoms with Crippen LogP contribution in [0.15, 0.2) is 12.4 Å². The van der Waals surface area contributed by atoms with Gasteiger partial charge in [-0.2, -0.15) is 0 Å². The first-order valence-corrected chi connectivity index (χ1v) is 5.61. The number of piperidine rings is 1. The number of aromatic nitrogens is 2. The van der Waals surface area contributed by atoms with Crippen molar-refractivity contribution in [2.75, 3.05) is 13.1 Å². The van der Waals surface area contributed by atoms with Gasteiger partial charge >= 0.3 is 0 Å². The largest absolute Gasteiger partial charge is 0.337 e. The van der Waals surface area contributed by atoms with E-state index in [1.54, 1.807) is 0 Å². The molecule has 2 heterocycles. The van der Waals surface area contributed by atoms with Gasteiger partial charge in [0.25, 0.3) is 0 Å². The molecule has 4 nitrogen and oxygen atoms in total. The number of imidazole rings is 1. The molecule has 1 aliphatic rings. The SMILES string of the molecule is CC1CN(Cc2nccn2C)CCC1N. The van der Waals surface area contributed by atoms with Crippen molar-refractivity contribution in [1.82, 2.24) is 14.5 Å². The molecule has 2 atom stereocenters. The molecule has 4 heteroatoms. The average Bonchev–Trinajstić information content (AvgIpc) is 2.59. The van der Waals surface area contributed by atoms with E-state index in [-0.39, 0.29) is 0 Å². The molecule has 1 saturated heterocycles. The highest BCUT2D eigenvalue weighted by atomic mass is 15.2. The third kappa shape index (κ3) is 2.38. The van der Waals surface area contributed by atoms with Crippen LogP contribution in [-0.4, -0.2) is 33.6 Å². The molecule has 0 amide bonds. The predicted octanol–water partition coefficient (Wildman–Crippen LogP) is 0.589. The Morgan fingerprint density at radius 1 is 1.60 bits per heavy atom. The lowest BCUT2D eigenvalue weighted by Crippen LogP contribution is -2.45. The van der Waals surface area contributed by atoms with Crippen LogP contribution < -0.4 is 5.73 Å². The average molecular weight is 208 g/mol. The van der Waals surface area contributed by atoms with E-state index in [4.69, 9.17) is 5.73 Å². The monoisotopic (exact) mass is 208 g/mol. The Kier molecular flexibility index (Phi) is 3.07. The van der Waals surface area contributed by atoms with E-state index < -0.39 is 0 Å². The summed E-state index contributed by atoms with van der Waals surface area (Å²) in [6, 6.07) is 0.377. The second-order valence-electron chi connectivity index (χ2n) is 4.62. The Balaban J connectivity index is 1.94. The summed E-state index contributed by atoms with van der Waals surface area (Å²) >= 11 is 0. The molecule has 2 rings (SSSR count). The maximum absolute atomic E-state index is 6.00. The van der Waals surface area contributed by atoms with E-state index in [9.17, 15) is 0 Å². The Bertz CT molecular complexity index is 320. The molecular weight excluding hydrogens is 188 g/mol. The van der Waals surface area contributed by atoms with Gasteiger partial charge in [-0.15, -0.1) is 0 Å². The fraction of sp³-hybridized carbons (Fsp3) is 0.727. The fourth-order valence-corrected chi connectivity index (χ4v) is 2.14. The molecule has 0 radical (unpaired) electrons. The first-order chi connectivity index (χ1) is 7.16. The zero-order valence-corrected chi connectivity index (χ0v) is 9.56. The molecule has 0 aromatic carbocycles. The van der Waals surface area contributed by atoms with Crippen molar-refractivity contribution in [3.63, 3.8) is 0 Å². The number of nitrogens with two attached hydrogens (primary N) is 1. The highest BCUT2D eigenvalue weighted by molar-refractivity contribution is 4.92. The number of nitrogens with zero attached hydrogens (tertiary/aromatic N) is 3. The van der Waals surface area contributed by atoms with Gasteiger partial charge in [0.15, 0.2) is 0 Å². The zero-order chi connectivity index (χ0) is 10.8. The Hall–Kier alpha value is -0.870. The summed E-state index contributed by atoms with van der Waals surface area (Å²) < 4.78 is 2.08. The minimum absolute atomic E-state index is 0.377. The molecule has 0 aliphatic carbocycles. The third-order valence-electron chi connectivity index (χ3n) is 3.34. The maximum atomic E-state index is 6.00. The molecule has 2 unspecified atom stereocenters. The van der Waals surface area contributed by atoms with Gasteiger partial charge in [0.2, 0.25) is 0 Å². The summed E-state index contributed by atoms with van der Waals surface area (Å²) in [6.07, 6.45) is 4.95. The first-order valence-electron chi connectivity index (χ1n) is 5.61. The van der Waals surface area contributed by atoms with E-state index in [1.165, 1.54) is 0 Å². The molecule has 1 fully saturated rings. The second kappa shape index (κ2) is 4.33. The van der Waals surface area contributed by atoms with Crippen molar-refractivity contribution >= 4 is 0 Å². The number of hydrogen-bond donors (Lipinski definition) is 1. The smallest absolute Gasteiger partial charge is 0.122 e. The quantitative estimate of drug-likeness (QED) is 0.774. The van der Waals surface area contributed by atoms with Gasteiger partial charge in [-0.1, -0.05) is 6.92 Å². The topological polar surface area (TPSA) is 47.1 Å². The minimum Gasteiger partial charge on any atom is -0.337 e. The van der Waals surface area contributed by atoms with Crippen molar-refractivity contribution in [2.24, 2.45) is 18.7 Å². The number of rotatable bonds is 2. The molecule has 0 spiro atoms. The summed E-state index contributed by atoms with van der Waals surface area (Å²) in [4.78, 5) is 6.78. The zero-order valence-electron chi connectivity index (χ0n) is 9.56. The van der Waals surface area contributed by atoms with Crippen LogP contribution in [0, 0.1) is 5.92 Å². The van der Waals surface area contributed by atoms with Crippen LogP contribution in [0.25, 0.3) is 0 Å². The van der Waals surface area contributed by atoms with Gasteiger partial charge in [-0.25, -0.2) is 4.98 Å². The van der Waals surface area contributed by atoms with Crippen LogP contribution >= 0.6 is 0 Å². The normalized spacial score (nSPS) is 28.2. The second-order valence-corrected chi connectivity index (χ2v) is 4.62. The van der Waals surface area contributed by atoms with Crippen LogP contribution in [-0.2, 0) is 13.6 Å². The van der Waals surface area contributed by atoms with Crippen LogP contribution in [0.4, 0.5) is 0 Å². The van der Waals surface area contributed by atoms with Crippen molar-refractivity contribution in [2.45, 2.75) is 25.9 Å². The first kappa shape index (κ1) is 10.6. The summed E-state index contributed by atoms with van der Waals surface area (Å²) in [5.74, 6) is 1.73. The fourth-order valence-electron chi connectivity index (χ4n) is 2.14. The van der Waals surface area contributed by atoms with Gasteiger partial charge in [-0.05, 0) is 12.3 Å². The summed E-state index contributed by atoms with van der Waals surface area (Å²) in [7, 11) is 2.04. The van der Waals surface area contributed by atoms with Crippen LogP contribution in [0.1, 0.15) is 19.2 Å². The highest BCUT2D eigenvalue weighted by Gasteiger charge is 2.23. The summed E-state index contributed by atoms with van der Waals surface area (Å²) in [5.41, 5.74) is 6.00. The molecule has 15 heavy (non-hydrogen) atoms. The molecule has 1 aromatic heterocycles. The van der Waals surface area contributed by atoms with E-state index in [2.05, 4.69) is 21.4 Å². The molecule has 2 N–H and O–H groups in total. The van der Waals surface area contributed by atoms with E-state index in [0.29, 0.717) is 12.0 Å². The Morgan fingerprint density at radius 2 is 2.40 bits per heavy atom. The lowest BCUT2D eigenvalue weighted by Gasteiger charge is -2.34. The van der Waals surface area contributed by atoms with E-state index in [0.717, 1.165) is 31.9 Å². The van der Waals surface area contributed by atoms with Crippen molar-refractivity contribution < 1.29 is 0 Å². The summed E-state index contributed by atoms with van der Waals surface area (Å²) in [6.45, 7) is 5.36. The molecular formula is C11H20N4. The van der Waals surface area contributed by atoms with Gasteiger partial charge < -0.3 is 10.3 Å². The predicted molar refractivity (Wildman–Crippen MR) is 60.2 cm³/mol. The Morgan fingerprint density at radius 3 is 3.00 bits per heavy atom. The third-order valence-corrected chi connectivity index (χ3v) is 3.34. The van der Waals surface area contributed by atoms with Crippen LogP contribution in [0.5, 0.6) is 0 Å². The Labute approximate surface area is 91.1 Å². The highest BCUT2D eigenvalue weighted by Crippen LogP contribution is 2.16. The van der Waals surface area contributed by atoms with Crippen LogP contribution in [0.3, 0.4) is 0 Å². The lowest BCUT2D eigenvalue weighted by molar-refractivity contribution is 0.153. The van der Waals surface area contributed by atoms with E-state index in [1.807, 2.05) is 19.4 Å². The van der Waals surface area contributed by atoms with Gasteiger partial charge in [0.05, 0.1) is 6.54 Å². The van der Waals surface area contributed by atoms with Gasteiger partial charge in [0.1, 0.15) is 5.82 Å².